The number of allylic oxidation sites excluding steroid dienone is 1. The molecular formula is C7H12O2. The average Bonchev–Trinajstić information content (AvgIpc) is 1.80. The highest BCUT2D eigenvalue weighted by molar-refractivity contribution is 5.36. The van der Waals surface area contributed by atoms with Gasteiger partial charge in [-0.2, -0.15) is 0 Å². The molecular weight excluding hydrogens is 116 g/mol. The Morgan fingerprint density at radius 1 is 1.56 bits per heavy atom. The maximum atomic E-state index is 9.61. The zero-order valence-electron chi connectivity index (χ0n) is 5.89. The number of ether oxygens (including phenoxy) is 1. The molecule has 0 bridgehead atoms. The van der Waals surface area contributed by atoms with Crippen LogP contribution in [-0.4, -0.2) is 13.1 Å². The van der Waals surface area contributed by atoms with Crippen molar-refractivity contribution in [3.8, 4) is 0 Å². The van der Waals surface area contributed by atoms with Gasteiger partial charge in [0, 0.05) is 0 Å². The molecule has 0 aromatic rings. The molecule has 0 spiro atoms. The van der Waals surface area contributed by atoms with Crippen LogP contribution < -0.4 is 0 Å². The second-order valence-corrected chi connectivity index (χ2v) is 2.04. The van der Waals surface area contributed by atoms with E-state index in [-0.39, 0.29) is 0 Å². The number of rotatable bonds is 4. The third kappa shape index (κ3) is 7.21. The van der Waals surface area contributed by atoms with Crippen LogP contribution in [0.25, 0.3) is 0 Å². The largest absolute Gasteiger partial charge is 0.468 e. The average molecular weight is 128 g/mol. The summed E-state index contributed by atoms with van der Waals surface area (Å²) in [5, 5.41) is 0. The lowest BCUT2D eigenvalue weighted by atomic mass is 10.3. The van der Waals surface area contributed by atoms with Crippen LogP contribution in [0.5, 0.6) is 0 Å². The minimum atomic E-state index is 0.471. The summed E-state index contributed by atoms with van der Waals surface area (Å²) in [7, 11) is 0. The fraction of sp³-hybridized carbons (Fsp3) is 0.571. The fourth-order valence-electron chi connectivity index (χ4n) is 0.464. The molecule has 52 valence electrons. The fourth-order valence-corrected chi connectivity index (χ4v) is 0.464. The lowest BCUT2D eigenvalue weighted by Crippen LogP contribution is -1.88. The summed E-state index contributed by atoms with van der Waals surface area (Å²) in [6.45, 7) is 5.00. The standard InChI is InChI=1S/C7H12O2/c1-7(2)4-3-5-9-6-8/h4,6H,3,5H2,1-2H3. The van der Waals surface area contributed by atoms with E-state index in [0.717, 1.165) is 6.42 Å². The van der Waals surface area contributed by atoms with E-state index >= 15 is 0 Å². The van der Waals surface area contributed by atoms with Crippen molar-refractivity contribution >= 4 is 6.47 Å². The smallest absolute Gasteiger partial charge is 0.293 e. The molecule has 2 heteroatoms. The Bertz CT molecular complexity index is 101. The summed E-state index contributed by atoms with van der Waals surface area (Å²) in [5.74, 6) is 0. The van der Waals surface area contributed by atoms with E-state index in [4.69, 9.17) is 0 Å². The summed E-state index contributed by atoms with van der Waals surface area (Å²) in [6, 6.07) is 0. The molecule has 0 radical (unpaired) electrons. The maximum absolute atomic E-state index is 9.61. The van der Waals surface area contributed by atoms with Crippen molar-refractivity contribution in [1.29, 1.82) is 0 Å². The van der Waals surface area contributed by atoms with Crippen LogP contribution in [0, 0.1) is 0 Å². The Kier molecular flexibility index (Phi) is 4.88. The van der Waals surface area contributed by atoms with Gasteiger partial charge in [0.05, 0.1) is 6.61 Å². The van der Waals surface area contributed by atoms with Crippen LogP contribution in [0.2, 0.25) is 0 Å². The van der Waals surface area contributed by atoms with E-state index in [1.54, 1.807) is 0 Å². The van der Waals surface area contributed by atoms with Gasteiger partial charge in [-0.15, -0.1) is 0 Å². The van der Waals surface area contributed by atoms with Gasteiger partial charge in [-0.3, -0.25) is 4.79 Å². The zero-order chi connectivity index (χ0) is 7.11. The van der Waals surface area contributed by atoms with Crippen molar-refractivity contribution in [2.75, 3.05) is 6.61 Å². The molecule has 0 heterocycles. The van der Waals surface area contributed by atoms with E-state index in [1.165, 1.54) is 5.57 Å². The van der Waals surface area contributed by atoms with Gasteiger partial charge in [-0.05, 0) is 20.3 Å². The van der Waals surface area contributed by atoms with Crippen LogP contribution in [-0.2, 0) is 9.53 Å². The highest BCUT2D eigenvalue weighted by atomic mass is 16.5. The van der Waals surface area contributed by atoms with E-state index < -0.39 is 0 Å². The highest BCUT2D eigenvalue weighted by Crippen LogP contribution is 1.91. The summed E-state index contributed by atoms with van der Waals surface area (Å²) in [5.41, 5.74) is 1.25. The van der Waals surface area contributed by atoms with E-state index in [2.05, 4.69) is 4.74 Å². The third-order valence-electron chi connectivity index (χ3n) is 0.856. The maximum Gasteiger partial charge on any atom is 0.293 e. The second-order valence-electron chi connectivity index (χ2n) is 2.04. The van der Waals surface area contributed by atoms with E-state index in [9.17, 15) is 4.79 Å². The predicted octanol–water partition coefficient (Wildman–Crippen LogP) is 1.52. The summed E-state index contributed by atoms with van der Waals surface area (Å²) >= 11 is 0. The molecule has 0 saturated heterocycles. The molecule has 0 aromatic heterocycles. The van der Waals surface area contributed by atoms with Crippen molar-refractivity contribution in [2.24, 2.45) is 0 Å². The van der Waals surface area contributed by atoms with E-state index in [0.29, 0.717) is 13.1 Å². The van der Waals surface area contributed by atoms with Crippen molar-refractivity contribution in [3.05, 3.63) is 11.6 Å². The molecule has 0 aliphatic rings. The third-order valence-corrected chi connectivity index (χ3v) is 0.856. The van der Waals surface area contributed by atoms with Crippen LogP contribution in [0.4, 0.5) is 0 Å². The molecule has 9 heavy (non-hydrogen) atoms. The number of carbonyl (C=O) groups is 1. The Morgan fingerprint density at radius 3 is 2.67 bits per heavy atom. The zero-order valence-corrected chi connectivity index (χ0v) is 5.89. The monoisotopic (exact) mass is 128 g/mol. The van der Waals surface area contributed by atoms with Crippen LogP contribution >= 0.6 is 0 Å². The minimum absolute atomic E-state index is 0.471. The SMILES string of the molecule is CC(C)=CCCOC=O. The summed E-state index contributed by atoms with van der Waals surface area (Å²) < 4.78 is 4.46. The number of hydrogen-bond donors (Lipinski definition) is 0. The van der Waals surface area contributed by atoms with Crippen molar-refractivity contribution < 1.29 is 9.53 Å². The lowest BCUT2D eigenvalue weighted by Gasteiger charge is -1.92. The first-order chi connectivity index (χ1) is 4.27. The van der Waals surface area contributed by atoms with E-state index in [1.807, 2.05) is 19.9 Å². The molecule has 0 amide bonds. The quantitative estimate of drug-likeness (QED) is 0.326. The number of carbonyl (C=O) groups excluding carboxylic acids is 1. The molecule has 0 aromatic carbocycles. The molecule has 0 aliphatic heterocycles. The topological polar surface area (TPSA) is 26.3 Å². The van der Waals surface area contributed by atoms with Gasteiger partial charge >= 0.3 is 0 Å². The molecule has 0 saturated carbocycles. The molecule has 0 fully saturated rings. The molecule has 0 atom stereocenters. The van der Waals surface area contributed by atoms with Gasteiger partial charge < -0.3 is 4.74 Å². The highest BCUT2D eigenvalue weighted by Gasteiger charge is 1.80. The molecule has 0 aliphatic carbocycles. The first-order valence-electron chi connectivity index (χ1n) is 2.96. The van der Waals surface area contributed by atoms with Crippen molar-refractivity contribution in [2.45, 2.75) is 20.3 Å². The second kappa shape index (κ2) is 5.35. The van der Waals surface area contributed by atoms with Gasteiger partial charge in [-0.25, -0.2) is 0 Å². The normalized spacial score (nSPS) is 8.22. The Morgan fingerprint density at radius 2 is 2.22 bits per heavy atom. The number of hydrogen-bond acceptors (Lipinski definition) is 2. The van der Waals surface area contributed by atoms with Crippen molar-refractivity contribution in [3.63, 3.8) is 0 Å². The van der Waals surface area contributed by atoms with Gasteiger partial charge in [0.1, 0.15) is 0 Å². The summed E-state index contributed by atoms with van der Waals surface area (Å²) in [6.07, 6.45) is 2.85. The predicted molar refractivity (Wildman–Crippen MR) is 36.1 cm³/mol. The Hall–Kier alpha value is -0.790. The van der Waals surface area contributed by atoms with Crippen LogP contribution in [0.15, 0.2) is 11.6 Å². The van der Waals surface area contributed by atoms with Gasteiger partial charge in [0.2, 0.25) is 0 Å². The molecule has 0 rings (SSSR count). The molecule has 2 nitrogen and oxygen atoms in total. The lowest BCUT2D eigenvalue weighted by molar-refractivity contribution is -0.128. The van der Waals surface area contributed by atoms with Crippen LogP contribution in [0.1, 0.15) is 20.3 Å². The van der Waals surface area contributed by atoms with Gasteiger partial charge in [0.25, 0.3) is 6.47 Å². The summed E-state index contributed by atoms with van der Waals surface area (Å²) in [4.78, 5) is 9.61. The van der Waals surface area contributed by atoms with Crippen molar-refractivity contribution in [1.82, 2.24) is 0 Å². The molecule has 0 unspecified atom stereocenters. The Balaban J connectivity index is 3.09. The minimum Gasteiger partial charge on any atom is -0.468 e. The first kappa shape index (κ1) is 8.21. The Labute approximate surface area is 55.5 Å². The van der Waals surface area contributed by atoms with Crippen LogP contribution in [0.3, 0.4) is 0 Å². The first-order valence-corrected chi connectivity index (χ1v) is 2.96. The molecule has 0 N–H and O–H groups in total. The van der Waals surface area contributed by atoms with Gasteiger partial charge in [-0.1, -0.05) is 11.6 Å². The van der Waals surface area contributed by atoms with Gasteiger partial charge in [0.15, 0.2) is 0 Å².